The van der Waals surface area contributed by atoms with E-state index in [0.717, 1.165) is 30.9 Å². The summed E-state index contributed by atoms with van der Waals surface area (Å²) in [5, 5.41) is 6.82. The number of aromatic amines is 1. The van der Waals surface area contributed by atoms with Crippen molar-refractivity contribution in [2.75, 3.05) is 13.7 Å². The van der Waals surface area contributed by atoms with E-state index in [1.807, 2.05) is 6.08 Å². The first-order valence-electron chi connectivity index (χ1n) is 9.95. The van der Waals surface area contributed by atoms with E-state index in [2.05, 4.69) is 20.4 Å². The van der Waals surface area contributed by atoms with Gasteiger partial charge in [-0.05, 0) is 48.6 Å². The van der Waals surface area contributed by atoms with Gasteiger partial charge in [0.15, 0.2) is 0 Å². The third-order valence-corrected chi connectivity index (χ3v) is 5.08. The normalized spacial score (nSPS) is 14.3. The minimum Gasteiger partial charge on any atom is -0.382 e. The summed E-state index contributed by atoms with van der Waals surface area (Å²) in [6, 6.07) is 6.84. The second-order valence-corrected chi connectivity index (χ2v) is 7.24. The number of methoxy groups -OCH3 is 1. The molecule has 2 heterocycles. The van der Waals surface area contributed by atoms with Gasteiger partial charge in [-0.1, -0.05) is 12.1 Å². The number of H-pyrrole nitrogens is 1. The van der Waals surface area contributed by atoms with E-state index in [0.29, 0.717) is 17.1 Å². The number of rotatable bonds is 7. The van der Waals surface area contributed by atoms with Crippen LogP contribution in [0.2, 0.25) is 0 Å². The van der Waals surface area contributed by atoms with Crippen LogP contribution < -0.4 is 10.9 Å². The number of ether oxygens (including phenoxy) is 1. The monoisotopic (exact) mass is 423 g/mol. The molecule has 8 nitrogen and oxygen atoms in total. The number of aromatic nitrogens is 4. The van der Waals surface area contributed by atoms with Crippen molar-refractivity contribution < 1.29 is 13.9 Å². The Morgan fingerprint density at radius 2 is 2.26 bits per heavy atom. The Hall–Kier alpha value is -3.59. The number of hydrogen-bond acceptors (Lipinski definition) is 5. The molecule has 1 atom stereocenters. The smallest absolute Gasteiger partial charge is 0.270 e. The first-order chi connectivity index (χ1) is 15.0. The predicted molar refractivity (Wildman–Crippen MR) is 112 cm³/mol. The van der Waals surface area contributed by atoms with E-state index < -0.39 is 23.3 Å². The lowest BCUT2D eigenvalue weighted by molar-refractivity contribution is 0.0891. The van der Waals surface area contributed by atoms with E-state index in [-0.39, 0.29) is 12.3 Å². The van der Waals surface area contributed by atoms with Crippen molar-refractivity contribution >= 4 is 11.5 Å². The summed E-state index contributed by atoms with van der Waals surface area (Å²) in [7, 11) is 1.49. The molecule has 160 valence electrons. The van der Waals surface area contributed by atoms with Crippen molar-refractivity contribution in [2.45, 2.75) is 25.3 Å². The lowest BCUT2D eigenvalue weighted by Crippen LogP contribution is -2.33. The Morgan fingerprint density at radius 1 is 1.39 bits per heavy atom. The zero-order valence-corrected chi connectivity index (χ0v) is 17.0. The Morgan fingerprint density at radius 3 is 2.94 bits per heavy atom. The van der Waals surface area contributed by atoms with Crippen molar-refractivity contribution in [2.24, 2.45) is 0 Å². The zero-order valence-electron chi connectivity index (χ0n) is 17.0. The maximum absolute atomic E-state index is 14.7. The second kappa shape index (κ2) is 9.05. The minimum absolute atomic E-state index is 0.00119. The third kappa shape index (κ3) is 4.61. The van der Waals surface area contributed by atoms with Gasteiger partial charge in [0.2, 0.25) is 0 Å². The largest absolute Gasteiger partial charge is 0.382 e. The fraction of sp³-hybridized carbons (Fsp3) is 0.273. The molecule has 1 aliphatic rings. The van der Waals surface area contributed by atoms with Crippen molar-refractivity contribution in [3.05, 3.63) is 82.1 Å². The van der Waals surface area contributed by atoms with Gasteiger partial charge in [-0.3, -0.25) is 9.59 Å². The van der Waals surface area contributed by atoms with E-state index in [4.69, 9.17) is 4.74 Å². The fourth-order valence-electron chi connectivity index (χ4n) is 3.57. The quantitative estimate of drug-likeness (QED) is 0.609. The average molecular weight is 423 g/mol. The summed E-state index contributed by atoms with van der Waals surface area (Å²) in [6.45, 7) is 0.119. The molecule has 0 aliphatic heterocycles. The molecule has 1 aliphatic carbocycles. The summed E-state index contributed by atoms with van der Waals surface area (Å²) in [5.74, 6) is -0.612. The molecular weight excluding hydrogens is 401 g/mol. The van der Waals surface area contributed by atoms with Crippen molar-refractivity contribution in [1.82, 2.24) is 25.1 Å². The Bertz CT molecular complexity index is 1170. The molecule has 0 radical (unpaired) electrons. The lowest BCUT2D eigenvalue weighted by atomic mass is 10.1. The number of nitrogens with one attached hydrogen (secondary N) is 2. The first-order valence-corrected chi connectivity index (χ1v) is 9.95. The predicted octanol–water partition coefficient (Wildman–Crippen LogP) is 2.78. The van der Waals surface area contributed by atoms with Gasteiger partial charge in [0.05, 0.1) is 12.6 Å². The summed E-state index contributed by atoms with van der Waals surface area (Å²) in [4.78, 5) is 31.9. The summed E-state index contributed by atoms with van der Waals surface area (Å²) < 4.78 is 21.3. The van der Waals surface area contributed by atoms with Crippen molar-refractivity contribution in [3.8, 4) is 5.69 Å². The summed E-state index contributed by atoms with van der Waals surface area (Å²) >= 11 is 0. The van der Waals surface area contributed by atoms with E-state index in [1.54, 1.807) is 30.6 Å². The number of nitrogens with zero attached hydrogens (tertiary/aromatic N) is 3. The second-order valence-electron chi connectivity index (χ2n) is 7.24. The van der Waals surface area contributed by atoms with Crippen LogP contribution in [0.25, 0.3) is 11.3 Å². The van der Waals surface area contributed by atoms with Gasteiger partial charge in [-0.25, -0.2) is 14.1 Å². The van der Waals surface area contributed by atoms with Crippen LogP contribution in [0.5, 0.6) is 0 Å². The molecule has 2 aromatic heterocycles. The van der Waals surface area contributed by atoms with Crippen molar-refractivity contribution in [3.63, 3.8) is 0 Å². The molecule has 0 saturated carbocycles. The third-order valence-electron chi connectivity index (χ3n) is 5.08. The number of allylic oxidation sites excluding steroid dienone is 2. The highest BCUT2D eigenvalue weighted by Crippen LogP contribution is 2.24. The highest BCUT2D eigenvalue weighted by Gasteiger charge is 2.20. The average Bonchev–Trinajstić information content (AvgIpc) is 3.47. The number of halogens is 1. The molecule has 0 fully saturated rings. The van der Waals surface area contributed by atoms with E-state index in [9.17, 15) is 14.0 Å². The topological polar surface area (TPSA) is 102 Å². The molecular formula is C22H22FN5O3. The van der Waals surface area contributed by atoms with Gasteiger partial charge in [0, 0.05) is 25.6 Å². The molecule has 0 spiro atoms. The molecule has 9 heteroatoms. The molecule has 1 amide bonds. The molecule has 2 N–H and O–H groups in total. The molecule has 3 aromatic rings. The number of hydrogen-bond donors (Lipinski definition) is 2. The maximum Gasteiger partial charge on any atom is 0.270 e. The number of benzene rings is 1. The van der Waals surface area contributed by atoms with Crippen molar-refractivity contribution in [1.29, 1.82) is 0 Å². The first kappa shape index (κ1) is 20.7. The Kier molecular flexibility index (Phi) is 6.03. The van der Waals surface area contributed by atoms with E-state index >= 15 is 0 Å². The van der Waals surface area contributed by atoms with Gasteiger partial charge in [0.1, 0.15) is 23.0 Å². The highest BCUT2D eigenvalue weighted by atomic mass is 19.1. The van der Waals surface area contributed by atoms with Gasteiger partial charge >= 0.3 is 0 Å². The number of carbonyl (C=O) groups excluding carboxylic acids is 1. The van der Waals surface area contributed by atoms with Crippen LogP contribution in [0.1, 0.15) is 47.2 Å². The standard InChI is InChI=1S/C22H22FN5O3/c1-31-13-18(15-7-8-19(16(23)11-15)28-10-4-9-24-28)26-22(30)17-12-20(29)27-21(25-17)14-5-2-3-6-14/h4-5,7-12,18H,2-3,6,13H2,1H3,(H,26,30)(H,25,27,29). The molecule has 1 unspecified atom stereocenters. The summed E-state index contributed by atoms with van der Waals surface area (Å²) in [5.41, 5.74) is 1.34. The van der Waals surface area contributed by atoms with Crippen LogP contribution in [0.3, 0.4) is 0 Å². The SMILES string of the molecule is COCC(NC(=O)c1cc(=O)[nH]c(C2=CCCC2)n1)c1ccc(-n2cccn2)c(F)c1. The molecule has 0 saturated heterocycles. The van der Waals surface area contributed by atoms with Crippen LogP contribution in [-0.2, 0) is 4.74 Å². The van der Waals surface area contributed by atoms with Crippen LogP contribution >= 0.6 is 0 Å². The van der Waals surface area contributed by atoms with Gasteiger partial charge in [-0.2, -0.15) is 5.10 Å². The lowest BCUT2D eigenvalue weighted by Gasteiger charge is -2.19. The molecule has 31 heavy (non-hydrogen) atoms. The Labute approximate surface area is 177 Å². The van der Waals surface area contributed by atoms with Gasteiger partial charge in [-0.15, -0.1) is 0 Å². The molecule has 4 rings (SSSR count). The van der Waals surface area contributed by atoms with Crippen LogP contribution in [-0.4, -0.2) is 39.4 Å². The molecule has 1 aromatic carbocycles. The number of carbonyl (C=O) groups is 1. The maximum atomic E-state index is 14.7. The van der Waals surface area contributed by atoms with Gasteiger partial charge in [0.25, 0.3) is 11.5 Å². The van der Waals surface area contributed by atoms with Crippen LogP contribution in [0, 0.1) is 5.82 Å². The van der Waals surface area contributed by atoms with E-state index in [1.165, 1.54) is 17.9 Å². The van der Waals surface area contributed by atoms with Crippen LogP contribution in [0.4, 0.5) is 4.39 Å². The van der Waals surface area contributed by atoms with Gasteiger partial charge < -0.3 is 15.0 Å². The minimum atomic E-state index is -0.631. The Balaban J connectivity index is 1.58. The summed E-state index contributed by atoms with van der Waals surface area (Å²) in [6.07, 6.45) is 7.94. The number of amides is 1. The van der Waals surface area contributed by atoms with Crippen LogP contribution in [0.15, 0.2) is 53.6 Å². The molecule has 0 bridgehead atoms. The fourth-order valence-corrected chi connectivity index (χ4v) is 3.57. The highest BCUT2D eigenvalue weighted by molar-refractivity contribution is 5.92. The zero-order chi connectivity index (χ0) is 21.8.